The van der Waals surface area contributed by atoms with Crippen LogP contribution in [0.2, 0.25) is 0 Å². The van der Waals surface area contributed by atoms with Gasteiger partial charge in [-0.15, -0.1) is 0 Å². The Morgan fingerprint density at radius 1 is 0.145 bits per heavy atom. The van der Waals surface area contributed by atoms with Gasteiger partial charge < -0.3 is 9.13 Å². The Bertz CT molecular complexity index is 8330. The SMILES string of the molecule is c1ccc(-c2cc(-c3ccccc3)cc(-c3ccc(-c4nc5ccccc5nc4-c4ccc(-n5c6ccc7ccccc7c6c6c7ccccc7ccc65)c5ccccc45)cc3)c2)cc1.c1ccc(-c2ccc(-c3ccc(-c4nc5ccccc5nc4-c4cccc5c(-n6c7ccc8ccccc8c7c7c8ccccc8ccc76)cccc45)cc3)cc2)cc1. The Balaban J connectivity index is 0.000000140. The van der Waals surface area contributed by atoms with Gasteiger partial charge in [0.25, 0.3) is 0 Å². The zero-order chi connectivity index (χ0) is 81.7. The third-order valence-corrected chi connectivity index (χ3v) is 25.1. The average molecular weight is 1580 g/mol. The van der Waals surface area contributed by atoms with Gasteiger partial charge in [0.2, 0.25) is 0 Å². The topological polar surface area (TPSA) is 61.4 Å². The minimum Gasteiger partial charge on any atom is -0.309 e. The smallest absolute Gasteiger partial charge is 0.0979 e. The van der Waals surface area contributed by atoms with Crippen LogP contribution in [-0.4, -0.2) is 29.1 Å². The van der Waals surface area contributed by atoms with Gasteiger partial charge in [-0.2, -0.15) is 0 Å². The Hall–Kier alpha value is -16.5. The van der Waals surface area contributed by atoms with Gasteiger partial charge >= 0.3 is 0 Å². The van der Waals surface area contributed by atoms with Crippen molar-refractivity contribution < 1.29 is 0 Å². The second-order valence-corrected chi connectivity index (χ2v) is 32.2. The lowest BCUT2D eigenvalue weighted by Crippen LogP contribution is -1.99. The summed E-state index contributed by atoms with van der Waals surface area (Å²) in [6.45, 7) is 0. The van der Waals surface area contributed by atoms with E-state index < -0.39 is 0 Å². The molecule has 124 heavy (non-hydrogen) atoms. The van der Waals surface area contributed by atoms with Crippen molar-refractivity contribution in [1.82, 2.24) is 29.1 Å². The summed E-state index contributed by atoms with van der Waals surface area (Å²) in [5.41, 5.74) is 29.9. The van der Waals surface area contributed by atoms with Crippen LogP contribution in [-0.2, 0) is 0 Å². The predicted octanol–water partition coefficient (Wildman–Crippen LogP) is 31.4. The van der Waals surface area contributed by atoms with Crippen molar-refractivity contribution in [3.8, 4) is 112 Å². The molecule has 21 aromatic carbocycles. The fraction of sp³-hybridized carbons (Fsp3) is 0. The van der Waals surface area contributed by atoms with Crippen molar-refractivity contribution in [3.05, 3.63) is 449 Å². The van der Waals surface area contributed by atoms with Gasteiger partial charge in [0, 0.05) is 54.6 Å². The maximum Gasteiger partial charge on any atom is 0.0979 e. The highest BCUT2D eigenvalue weighted by Gasteiger charge is 2.26. The van der Waals surface area contributed by atoms with Crippen LogP contribution in [0.5, 0.6) is 0 Å². The first-order chi connectivity index (χ1) is 61.5. The highest BCUT2D eigenvalue weighted by atomic mass is 15.0. The number of fused-ring (bicyclic) bond motifs is 18. The highest BCUT2D eigenvalue weighted by molar-refractivity contribution is 6.31. The molecular formula is C118H74N6. The van der Waals surface area contributed by atoms with Crippen LogP contribution in [0.3, 0.4) is 0 Å². The molecular weight excluding hydrogens is 1500 g/mol. The van der Waals surface area contributed by atoms with Gasteiger partial charge in [-0.25, -0.2) is 19.9 Å². The summed E-state index contributed by atoms with van der Waals surface area (Å²) >= 11 is 0. The molecule has 4 heterocycles. The quantitative estimate of drug-likeness (QED) is 0.129. The largest absolute Gasteiger partial charge is 0.309 e. The van der Waals surface area contributed by atoms with Crippen LogP contribution in [0, 0.1) is 0 Å². The Morgan fingerprint density at radius 3 is 0.766 bits per heavy atom. The predicted molar refractivity (Wildman–Crippen MR) is 522 cm³/mol. The van der Waals surface area contributed by atoms with E-state index in [0.29, 0.717) is 0 Å². The van der Waals surface area contributed by atoms with Gasteiger partial charge in [0.05, 0.1) is 78.3 Å². The minimum atomic E-state index is 0.853. The summed E-state index contributed by atoms with van der Waals surface area (Å²) in [6, 6.07) is 161. The van der Waals surface area contributed by atoms with Crippen LogP contribution in [0.4, 0.5) is 0 Å². The van der Waals surface area contributed by atoms with E-state index in [1.807, 2.05) is 24.3 Å². The van der Waals surface area contributed by atoms with E-state index in [1.54, 1.807) is 0 Å². The first kappa shape index (κ1) is 71.6. The molecule has 25 rings (SSSR count). The van der Waals surface area contributed by atoms with E-state index in [1.165, 1.54) is 126 Å². The van der Waals surface area contributed by atoms with Crippen LogP contribution < -0.4 is 0 Å². The van der Waals surface area contributed by atoms with Crippen LogP contribution in [0.15, 0.2) is 449 Å². The molecule has 0 unspecified atom stereocenters. The second-order valence-electron chi connectivity index (χ2n) is 32.2. The second kappa shape index (κ2) is 29.8. The van der Waals surface area contributed by atoms with Gasteiger partial charge in [0.1, 0.15) is 0 Å². The number of nitrogens with zero attached hydrogens (tertiary/aromatic N) is 6. The zero-order valence-electron chi connectivity index (χ0n) is 67.4. The average Bonchev–Trinajstić information content (AvgIpc) is 1.56. The van der Waals surface area contributed by atoms with Gasteiger partial charge in [0.15, 0.2) is 0 Å². The van der Waals surface area contributed by atoms with Crippen molar-refractivity contribution in [1.29, 1.82) is 0 Å². The van der Waals surface area contributed by atoms with E-state index in [0.717, 1.165) is 117 Å². The van der Waals surface area contributed by atoms with E-state index in [2.05, 4.69) is 434 Å². The van der Waals surface area contributed by atoms with E-state index in [4.69, 9.17) is 19.9 Å². The lowest BCUT2D eigenvalue weighted by atomic mass is 9.92. The van der Waals surface area contributed by atoms with Gasteiger partial charge in [-0.05, 0) is 194 Å². The lowest BCUT2D eigenvalue weighted by Gasteiger charge is -2.17. The van der Waals surface area contributed by atoms with Crippen molar-refractivity contribution in [2.75, 3.05) is 0 Å². The van der Waals surface area contributed by atoms with Crippen LogP contribution in [0.1, 0.15) is 0 Å². The lowest BCUT2D eigenvalue weighted by molar-refractivity contribution is 1.20. The summed E-state index contributed by atoms with van der Waals surface area (Å²) in [4.78, 5) is 21.5. The molecule has 576 valence electrons. The molecule has 0 aliphatic carbocycles. The zero-order valence-corrected chi connectivity index (χ0v) is 67.4. The minimum absolute atomic E-state index is 0.853. The number of hydrogen-bond donors (Lipinski definition) is 0. The standard InChI is InChI=1S/C62H39N3.C56H35N3/c1-3-15-40(16-4-1)46-37-47(41-17-5-2-6-18-41)39-48(38-46)42-27-29-45(30-28-42)61-62(64-55-26-14-13-25-54(55)63-61)53-33-36-56(52-24-12-11-23-51(52)53)65-57-34-31-43-19-7-9-21-49(43)59(57)60-50-22-10-8-20-44(50)32-35-58(60)65;1-2-12-36(13-3-1)37-24-26-38(27-25-37)39-28-30-42(31-29-39)55-56(58-49-22-9-8-21-48(49)57-55)47-20-10-19-46-45(47)18-11-23-50(46)59-51-34-32-40-14-4-6-16-43(40)53(51)54-44-17-7-5-15-41(44)33-35-52(54)59/h1-39H;1-35H. The van der Waals surface area contributed by atoms with Gasteiger partial charge in [-0.3, -0.25) is 0 Å². The third kappa shape index (κ3) is 12.2. The Kier molecular flexibility index (Phi) is 17.2. The molecule has 4 aromatic heterocycles. The molecule has 0 bridgehead atoms. The normalized spacial score (nSPS) is 11.7. The number of aromatic nitrogens is 6. The number of hydrogen-bond acceptors (Lipinski definition) is 4. The molecule has 25 aromatic rings. The molecule has 0 fully saturated rings. The molecule has 6 heteroatoms. The summed E-state index contributed by atoms with van der Waals surface area (Å²) in [5, 5.41) is 19.6. The number of para-hydroxylation sites is 4. The Morgan fingerprint density at radius 2 is 0.395 bits per heavy atom. The maximum atomic E-state index is 5.43. The molecule has 0 spiro atoms. The third-order valence-electron chi connectivity index (χ3n) is 25.1. The number of benzene rings is 21. The molecule has 0 amide bonds. The molecule has 0 aliphatic rings. The maximum absolute atomic E-state index is 5.43. The van der Waals surface area contributed by atoms with Crippen molar-refractivity contribution in [2.45, 2.75) is 0 Å². The van der Waals surface area contributed by atoms with E-state index in [9.17, 15) is 0 Å². The highest BCUT2D eigenvalue weighted by Crippen LogP contribution is 2.48. The Labute approximate surface area is 715 Å². The summed E-state index contributed by atoms with van der Waals surface area (Å²) in [5.74, 6) is 0. The summed E-state index contributed by atoms with van der Waals surface area (Å²) in [6.07, 6.45) is 0. The summed E-state index contributed by atoms with van der Waals surface area (Å²) < 4.78 is 4.94. The molecule has 0 N–H and O–H groups in total. The first-order valence-corrected chi connectivity index (χ1v) is 42.4. The number of rotatable bonds is 11. The van der Waals surface area contributed by atoms with Crippen LogP contribution in [0.25, 0.3) is 242 Å². The van der Waals surface area contributed by atoms with Crippen molar-refractivity contribution in [3.63, 3.8) is 0 Å². The van der Waals surface area contributed by atoms with Crippen LogP contribution >= 0.6 is 0 Å². The molecule has 0 aliphatic heterocycles. The monoisotopic (exact) mass is 1570 g/mol. The van der Waals surface area contributed by atoms with Gasteiger partial charge in [-0.1, -0.05) is 364 Å². The molecule has 0 radical (unpaired) electrons. The fourth-order valence-corrected chi connectivity index (χ4v) is 19.3. The molecule has 0 atom stereocenters. The van der Waals surface area contributed by atoms with E-state index >= 15 is 0 Å². The molecule has 0 saturated carbocycles. The molecule has 6 nitrogen and oxygen atoms in total. The fourth-order valence-electron chi connectivity index (χ4n) is 19.3. The van der Waals surface area contributed by atoms with E-state index in [-0.39, 0.29) is 0 Å². The first-order valence-electron chi connectivity index (χ1n) is 42.4. The molecule has 0 saturated heterocycles. The van der Waals surface area contributed by atoms with Crippen molar-refractivity contribution >= 4 is 130 Å². The summed E-state index contributed by atoms with van der Waals surface area (Å²) in [7, 11) is 0. The van der Waals surface area contributed by atoms with Crippen molar-refractivity contribution in [2.24, 2.45) is 0 Å².